The number of carbonyl (C=O) groups is 3. The van der Waals surface area contributed by atoms with Gasteiger partial charge in [0.1, 0.15) is 5.75 Å². The molecule has 44 heavy (non-hydrogen) atoms. The van der Waals surface area contributed by atoms with E-state index in [0.29, 0.717) is 29.6 Å². The molecule has 12 heteroatoms. The van der Waals surface area contributed by atoms with E-state index in [9.17, 15) is 39.7 Å². The molecule has 0 spiro atoms. The van der Waals surface area contributed by atoms with Crippen LogP contribution in [0.4, 0.5) is 11.4 Å². The molecule has 5 rings (SSSR count). The minimum atomic E-state index is -0.982. The number of allylic oxidation sites excluding steroid dienone is 4. The normalized spacial score (nSPS) is 19.4. The molecule has 1 heterocycles. The number of ketones is 2. The fourth-order valence-corrected chi connectivity index (χ4v) is 6.59. The van der Waals surface area contributed by atoms with Gasteiger partial charge in [-0.1, -0.05) is 39.8 Å². The van der Waals surface area contributed by atoms with E-state index in [1.54, 1.807) is 24.3 Å². The van der Waals surface area contributed by atoms with Crippen LogP contribution in [0.1, 0.15) is 71.3 Å². The average Bonchev–Trinajstić information content (AvgIpc) is 2.90. The summed E-state index contributed by atoms with van der Waals surface area (Å²) in [5.74, 6) is -1.98. The van der Waals surface area contributed by atoms with E-state index in [1.807, 2.05) is 32.6 Å². The summed E-state index contributed by atoms with van der Waals surface area (Å²) in [6.07, 6.45) is 1.37. The molecule has 0 fully saturated rings. The van der Waals surface area contributed by atoms with E-state index >= 15 is 0 Å². The highest BCUT2D eigenvalue weighted by atomic mass is 16.6. The van der Waals surface area contributed by atoms with E-state index < -0.39 is 33.1 Å². The summed E-state index contributed by atoms with van der Waals surface area (Å²) in [4.78, 5) is 62.7. The molecule has 0 atom stereocenters. The molecule has 0 bridgehead atoms. The van der Waals surface area contributed by atoms with Gasteiger partial charge in [0.15, 0.2) is 11.6 Å². The molecular formula is C32H33N3O9. The summed E-state index contributed by atoms with van der Waals surface area (Å²) in [5.41, 5.74) is 1.14. The molecule has 1 aliphatic heterocycles. The highest BCUT2D eigenvalue weighted by molar-refractivity contribution is 6.06. The quantitative estimate of drug-likeness (QED) is 0.261. The number of carbonyl (C=O) groups excluding carboxylic acids is 2. The smallest absolute Gasteiger partial charge is 0.318 e. The first-order valence-corrected chi connectivity index (χ1v) is 14.3. The van der Waals surface area contributed by atoms with E-state index in [0.717, 1.165) is 29.6 Å². The number of hydrogen-bond acceptors (Lipinski definition) is 9. The average molecular weight is 604 g/mol. The number of nitro groups is 2. The number of nitro benzene ring substituents is 2. The topological polar surface area (TPSA) is 170 Å². The predicted molar refractivity (Wildman–Crippen MR) is 158 cm³/mol. The summed E-state index contributed by atoms with van der Waals surface area (Å²) in [5, 5.41) is 32.4. The van der Waals surface area contributed by atoms with Crippen LogP contribution in [0.5, 0.6) is 11.5 Å². The SMILES string of the molecule is CC1(C)CC(=O)C2=C(C1)N(CCC(=O)O)C1=C(C(=O)CC(C)(C)C1)C2c1cccc(Oc2ccc([N+](=O)[O-])cc2[N+](=O)[O-])c1. The van der Waals surface area contributed by atoms with Crippen LogP contribution in [0.25, 0.3) is 0 Å². The molecule has 0 saturated heterocycles. The molecule has 0 aromatic heterocycles. The Balaban J connectivity index is 1.66. The van der Waals surface area contributed by atoms with Gasteiger partial charge in [-0.15, -0.1) is 0 Å². The number of hydrogen-bond donors (Lipinski definition) is 1. The zero-order valence-corrected chi connectivity index (χ0v) is 24.9. The second-order valence-corrected chi connectivity index (χ2v) is 13.2. The highest BCUT2D eigenvalue weighted by Gasteiger charge is 2.49. The second kappa shape index (κ2) is 11.0. The maximum Gasteiger partial charge on any atom is 0.318 e. The van der Waals surface area contributed by atoms with Crippen LogP contribution in [0.15, 0.2) is 65.0 Å². The second-order valence-electron chi connectivity index (χ2n) is 13.2. The molecular weight excluding hydrogens is 570 g/mol. The van der Waals surface area contributed by atoms with Crippen molar-refractivity contribution in [3.05, 3.63) is 90.8 Å². The number of rotatable bonds is 8. The van der Waals surface area contributed by atoms with Gasteiger partial charge in [-0.05, 0) is 47.4 Å². The zero-order valence-electron chi connectivity index (χ0n) is 24.9. The largest absolute Gasteiger partial charge is 0.481 e. The lowest BCUT2D eigenvalue weighted by Crippen LogP contribution is -2.45. The zero-order chi connectivity index (χ0) is 32.1. The Kier molecular flexibility index (Phi) is 7.65. The molecule has 1 N–H and O–H groups in total. The summed E-state index contributed by atoms with van der Waals surface area (Å²) in [7, 11) is 0. The van der Waals surface area contributed by atoms with Crippen molar-refractivity contribution in [2.75, 3.05) is 6.54 Å². The van der Waals surface area contributed by atoms with Crippen LogP contribution in [0.3, 0.4) is 0 Å². The monoisotopic (exact) mass is 603 g/mol. The predicted octanol–water partition coefficient (Wildman–Crippen LogP) is 6.46. The molecule has 0 amide bonds. The fraction of sp³-hybridized carbons (Fsp3) is 0.406. The van der Waals surface area contributed by atoms with Crippen molar-refractivity contribution in [3.8, 4) is 11.5 Å². The van der Waals surface area contributed by atoms with Gasteiger partial charge >= 0.3 is 11.7 Å². The lowest BCUT2D eigenvalue weighted by molar-refractivity contribution is -0.394. The lowest BCUT2D eigenvalue weighted by Gasteiger charge is -2.49. The van der Waals surface area contributed by atoms with Crippen LogP contribution in [-0.2, 0) is 14.4 Å². The number of ether oxygens (including phenoxy) is 1. The Bertz CT molecular complexity index is 1630. The standard InChI is InChI=1S/C32H33N3O9/c1-31(2)14-22-29(24(36)16-31)28(30-23(33(22)11-10-27(38)39)15-32(3,4)17-25(30)37)18-6-5-7-20(12-18)44-26-9-8-19(34(40)41)13-21(26)35(42)43/h5-9,12-13,28H,10-11,14-17H2,1-4H3,(H,38,39). The first-order chi connectivity index (χ1) is 20.6. The maximum absolute atomic E-state index is 13.9. The number of non-ortho nitro benzene ring substituents is 1. The van der Waals surface area contributed by atoms with E-state index in [4.69, 9.17) is 4.74 Å². The van der Waals surface area contributed by atoms with Crippen molar-refractivity contribution in [1.29, 1.82) is 0 Å². The third-order valence-electron chi connectivity index (χ3n) is 8.34. The van der Waals surface area contributed by atoms with Gasteiger partial charge in [-0.25, -0.2) is 0 Å². The number of aliphatic carboxylic acids is 1. The first-order valence-electron chi connectivity index (χ1n) is 14.3. The molecule has 0 radical (unpaired) electrons. The van der Waals surface area contributed by atoms with Gasteiger partial charge in [-0.2, -0.15) is 0 Å². The molecule has 2 aromatic rings. The van der Waals surface area contributed by atoms with E-state index in [1.165, 1.54) is 0 Å². The highest BCUT2D eigenvalue weighted by Crippen LogP contribution is 2.54. The van der Waals surface area contributed by atoms with Crippen molar-refractivity contribution in [3.63, 3.8) is 0 Å². The van der Waals surface area contributed by atoms with Gasteiger partial charge in [0, 0.05) is 53.9 Å². The maximum atomic E-state index is 13.9. The van der Waals surface area contributed by atoms with Gasteiger partial charge in [0.2, 0.25) is 5.75 Å². The first kappa shape index (κ1) is 30.6. The Morgan fingerprint density at radius 1 is 0.909 bits per heavy atom. The minimum Gasteiger partial charge on any atom is -0.481 e. The molecule has 2 aliphatic carbocycles. The van der Waals surface area contributed by atoms with Gasteiger partial charge in [0.05, 0.1) is 22.3 Å². The summed E-state index contributed by atoms with van der Waals surface area (Å²) < 4.78 is 5.87. The molecule has 3 aliphatic rings. The number of benzene rings is 2. The van der Waals surface area contributed by atoms with Crippen molar-refractivity contribution >= 4 is 28.9 Å². The molecule has 0 unspecified atom stereocenters. The van der Waals surface area contributed by atoms with Crippen molar-refractivity contribution in [2.24, 2.45) is 10.8 Å². The molecule has 2 aromatic carbocycles. The Morgan fingerprint density at radius 3 is 2.02 bits per heavy atom. The van der Waals surface area contributed by atoms with Crippen LogP contribution >= 0.6 is 0 Å². The number of Topliss-reactive ketones (excluding diaryl/α,β-unsaturated/α-hetero) is 2. The minimum absolute atomic E-state index is 0.122. The van der Waals surface area contributed by atoms with Crippen molar-refractivity contribution in [1.82, 2.24) is 4.90 Å². The van der Waals surface area contributed by atoms with Gasteiger partial charge in [0.25, 0.3) is 5.69 Å². The summed E-state index contributed by atoms with van der Waals surface area (Å²) in [6, 6.07) is 9.71. The lowest BCUT2D eigenvalue weighted by atomic mass is 9.63. The Labute approximate surface area is 253 Å². The number of carboxylic acids is 1. The number of nitrogens with zero attached hydrogens (tertiary/aromatic N) is 3. The Hall–Kier alpha value is -4.87. The Morgan fingerprint density at radius 2 is 1.50 bits per heavy atom. The molecule has 0 saturated carbocycles. The van der Waals surface area contributed by atoms with Crippen LogP contribution in [0, 0.1) is 31.1 Å². The van der Waals surface area contributed by atoms with Crippen LogP contribution in [0.2, 0.25) is 0 Å². The molecule has 12 nitrogen and oxygen atoms in total. The van der Waals surface area contributed by atoms with E-state index in [-0.39, 0.29) is 59.7 Å². The number of carboxylic acid groups (broad SMARTS) is 1. The summed E-state index contributed by atoms with van der Waals surface area (Å²) in [6.45, 7) is 8.09. The molecule has 230 valence electrons. The fourth-order valence-electron chi connectivity index (χ4n) is 6.59. The van der Waals surface area contributed by atoms with Gasteiger partial charge < -0.3 is 14.7 Å². The van der Waals surface area contributed by atoms with Gasteiger partial charge in [-0.3, -0.25) is 34.6 Å². The van der Waals surface area contributed by atoms with Crippen molar-refractivity contribution < 1.29 is 34.1 Å². The third-order valence-corrected chi connectivity index (χ3v) is 8.34. The van der Waals surface area contributed by atoms with E-state index in [2.05, 4.69) is 0 Å². The van der Waals surface area contributed by atoms with Crippen LogP contribution in [-0.4, -0.2) is 43.9 Å². The van der Waals surface area contributed by atoms with Crippen molar-refractivity contribution in [2.45, 2.75) is 65.7 Å². The summed E-state index contributed by atoms with van der Waals surface area (Å²) >= 11 is 0. The van der Waals surface area contributed by atoms with Crippen LogP contribution < -0.4 is 4.74 Å². The third kappa shape index (κ3) is 5.84.